The maximum Gasteiger partial charge on any atom is 0.355 e. The van der Waals surface area contributed by atoms with Gasteiger partial charge in [-0.1, -0.05) is 24.3 Å². The van der Waals surface area contributed by atoms with Gasteiger partial charge in [-0.05, 0) is 20.8 Å². The Hall–Kier alpha value is -1.55. The minimum absolute atomic E-state index is 0.106. The van der Waals surface area contributed by atoms with Crippen molar-refractivity contribution in [1.82, 2.24) is 0 Å². The molecular formula is C12H18N2O2. The van der Waals surface area contributed by atoms with Crippen molar-refractivity contribution in [2.45, 2.75) is 32.4 Å². The zero-order valence-electron chi connectivity index (χ0n) is 9.86. The van der Waals surface area contributed by atoms with Crippen molar-refractivity contribution in [2.24, 2.45) is 11.5 Å². The lowest BCUT2D eigenvalue weighted by atomic mass is 10.0. The van der Waals surface area contributed by atoms with Crippen molar-refractivity contribution in [3.05, 3.63) is 35.6 Å². The van der Waals surface area contributed by atoms with Crippen LogP contribution < -0.4 is 11.5 Å². The first-order chi connectivity index (χ1) is 7.29. The van der Waals surface area contributed by atoms with E-state index >= 15 is 0 Å². The molecule has 0 aliphatic heterocycles. The molecule has 0 radical (unpaired) electrons. The fraction of sp³-hybridized carbons (Fsp3) is 0.417. The fourth-order valence-corrected chi connectivity index (χ4v) is 1.18. The molecular weight excluding hydrogens is 204 g/mol. The monoisotopic (exact) mass is 222 g/mol. The number of ether oxygens (including phenoxy) is 1. The zero-order chi connectivity index (χ0) is 12.3. The van der Waals surface area contributed by atoms with Gasteiger partial charge in [0.15, 0.2) is 0 Å². The smallest absolute Gasteiger partial charge is 0.355 e. The van der Waals surface area contributed by atoms with Gasteiger partial charge in [-0.2, -0.15) is 0 Å². The molecule has 4 nitrogen and oxygen atoms in total. The third-order valence-electron chi connectivity index (χ3n) is 1.93. The number of nitrogens with two attached hydrogens (primary N) is 2. The molecule has 4 N–H and O–H groups in total. The third kappa shape index (κ3) is 3.55. The van der Waals surface area contributed by atoms with Gasteiger partial charge < -0.3 is 16.2 Å². The highest BCUT2D eigenvalue weighted by Gasteiger charge is 2.19. The van der Waals surface area contributed by atoms with Crippen LogP contribution in [-0.2, 0) is 9.53 Å². The van der Waals surface area contributed by atoms with E-state index in [0.717, 1.165) is 0 Å². The Morgan fingerprint density at radius 1 is 1.31 bits per heavy atom. The van der Waals surface area contributed by atoms with Crippen molar-refractivity contribution >= 4 is 5.97 Å². The van der Waals surface area contributed by atoms with Crippen LogP contribution >= 0.6 is 0 Å². The van der Waals surface area contributed by atoms with Crippen LogP contribution in [0.3, 0.4) is 0 Å². The SMILES string of the molecule is CC(C)(C)OC(=O)C(N)=C1C=CC(N)C=C1. The van der Waals surface area contributed by atoms with Crippen LogP contribution in [0.2, 0.25) is 0 Å². The fourth-order valence-electron chi connectivity index (χ4n) is 1.18. The van der Waals surface area contributed by atoms with Crippen molar-refractivity contribution in [3.63, 3.8) is 0 Å². The summed E-state index contributed by atoms with van der Waals surface area (Å²) < 4.78 is 5.16. The van der Waals surface area contributed by atoms with Gasteiger partial charge in [-0.15, -0.1) is 0 Å². The highest BCUT2D eigenvalue weighted by Crippen LogP contribution is 2.14. The Labute approximate surface area is 95.6 Å². The molecule has 1 aliphatic carbocycles. The highest BCUT2D eigenvalue weighted by atomic mass is 16.6. The lowest BCUT2D eigenvalue weighted by Gasteiger charge is -2.20. The van der Waals surface area contributed by atoms with Gasteiger partial charge >= 0.3 is 5.97 Å². The van der Waals surface area contributed by atoms with Crippen LogP contribution in [0, 0.1) is 0 Å². The predicted molar refractivity (Wildman–Crippen MR) is 63.3 cm³/mol. The molecule has 0 bridgehead atoms. The number of carbonyl (C=O) groups is 1. The van der Waals surface area contributed by atoms with Gasteiger partial charge in [0.1, 0.15) is 11.3 Å². The summed E-state index contributed by atoms with van der Waals surface area (Å²) in [5, 5.41) is 0. The molecule has 1 aliphatic rings. The maximum absolute atomic E-state index is 11.6. The molecule has 0 atom stereocenters. The average Bonchev–Trinajstić information content (AvgIpc) is 2.15. The van der Waals surface area contributed by atoms with Crippen LogP contribution in [0.1, 0.15) is 20.8 Å². The minimum Gasteiger partial charge on any atom is -0.455 e. The van der Waals surface area contributed by atoms with Crippen molar-refractivity contribution < 1.29 is 9.53 Å². The third-order valence-corrected chi connectivity index (χ3v) is 1.93. The Morgan fingerprint density at radius 2 is 1.81 bits per heavy atom. The summed E-state index contributed by atoms with van der Waals surface area (Å²) in [4.78, 5) is 11.6. The van der Waals surface area contributed by atoms with Crippen LogP contribution in [0.4, 0.5) is 0 Å². The number of hydrogen-bond acceptors (Lipinski definition) is 4. The number of carbonyl (C=O) groups excluding carboxylic acids is 1. The number of hydrogen-bond donors (Lipinski definition) is 2. The van der Waals surface area contributed by atoms with Crippen LogP contribution in [0.15, 0.2) is 35.6 Å². The second kappa shape index (κ2) is 4.53. The zero-order valence-corrected chi connectivity index (χ0v) is 9.86. The van der Waals surface area contributed by atoms with Gasteiger partial charge in [-0.25, -0.2) is 4.79 Å². The first-order valence-electron chi connectivity index (χ1n) is 5.15. The van der Waals surface area contributed by atoms with E-state index in [2.05, 4.69) is 0 Å². The van der Waals surface area contributed by atoms with Gasteiger partial charge in [0.25, 0.3) is 0 Å². The van der Waals surface area contributed by atoms with E-state index < -0.39 is 11.6 Å². The number of allylic oxidation sites excluding steroid dienone is 3. The molecule has 0 unspecified atom stereocenters. The molecule has 0 fully saturated rings. The van der Waals surface area contributed by atoms with Crippen molar-refractivity contribution in [2.75, 3.05) is 0 Å². The average molecular weight is 222 g/mol. The number of rotatable bonds is 1. The second-order valence-corrected chi connectivity index (χ2v) is 4.67. The second-order valence-electron chi connectivity index (χ2n) is 4.67. The Bertz CT molecular complexity index is 357. The van der Waals surface area contributed by atoms with E-state index in [1.807, 2.05) is 0 Å². The van der Waals surface area contributed by atoms with Crippen LogP contribution in [0.25, 0.3) is 0 Å². The summed E-state index contributed by atoms with van der Waals surface area (Å²) in [7, 11) is 0. The van der Waals surface area contributed by atoms with Gasteiger partial charge in [-0.3, -0.25) is 0 Å². The van der Waals surface area contributed by atoms with Crippen LogP contribution in [0.5, 0.6) is 0 Å². The Kier molecular flexibility index (Phi) is 3.55. The van der Waals surface area contributed by atoms with Gasteiger partial charge in [0.2, 0.25) is 0 Å². The molecule has 16 heavy (non-hydrogen) atoms. The van der Waals surface area contributed by atoms with E-state index in [-0.39, 0.29) is 11.7 Å². The highest BCUT2D eigenvalue weighted by molar-refractivity contribution is 5.90. The van der Waals surface area contributed by atoms with Gasteiger partial charge in [0, 0.05) is 11.6 Å². The quantitative estimate of drug-likeness (QED) is 0.512. The Morgan fingerprint density at radius 3 is 2.25 bits per heavy atom. The molecule has 1 rings (SSSR count). The predicted octanol–water partition coefficient (Wildman–Crippen LogP) is 0.994. The van der Waals surface area contributed by atoms with E-state index in [0.29, 0.717) is 5.57 Å². The van der Waals surface area contributed by atoms with E-state index in [1.165, 1.54) is 0 Å². The molecule has 0 amide bonds. The molecule has 0 aromatic rings. The molecule has 0 aromatic heterocycles. The lowest BCUT2D eigenvalue weighted by Crippen LogP contribution is -2.28. The van der Waals surface area contributed by atoms with Crippen LogP contribution in [-0.4, -0.2) is 17.6 Å². The summed E-state index contributed by atoms with van der Waals surface area (Å²) in [6.07, 6.45) is 6.99. The summed E-state index contributed by atoms with van der Waals surface area (Å²) in [5.74, 6) is -0.507. The van der Waals surface area contributed by atoms with E-state index in [9.17, 15) is 4.79 Å². The number of esters is 1. The largest absolute Gasteiger partial charge is 0.455 e. The van der Waals surface area contributed by atoms with E-state index in [1.54, 1.807) is 45.1 Å². The summed E-state index contributed by atoms with van der Waals surface area (Å²) in [6.45, 7) is 5.39. The topological polar surface area (TPSA) is 78.3 Å². The summed E-state index contributed by atoms with van der Waals surface area (Å²) in [6, 6.07) is -0.116. The first kappa shape index (κ1) is 12.5. The Balaban J connectivity index is 2.81. The van der Waals surface area contributed by atoms with Crippen molar-refractivity contribution in [1.29, 1.82) is 0 Å². The lowest BCUT2D eigenvalue weighted by molar-refractivity contribution is -0.149. The molecule has 0 spiro atoms. The normalized spacial score (nSPS) is 19.8. The van der Waals surface area contributed by atoms with E-state index in [4.69, 9.17) is 16.2 Å². The molecule has 88 valence electrons. The summed E-state index contributed by atoms with van der Waals surface area (Å²) in [5.41, 5.74) is 11.5. The van der Waals surface area contributed by atoms with Gasteiger partial charge in [0.05, 0.1) is 0 Å². The minimum atomic E-state index is -0.541. The molecule has 0 saturated carbocycles. The molecule has 0 saturated heterocycles. The van der Waals surface area contributed by atoms with Crippen molar-refractivity contribution in [3.8, 4) is 0 Å². The molecule has 0 heterocycles. The first-order valence-corrected chi connectivity index (χ1v) is 5.15. The molecule has 0 aromatic carbocycles. The maximum atomic E-state index is 11.6. The standard InChI is InChI=1S/C12H18N2O2/c1-12(2,3)16-11(15)10(14)8-4-6-9(13)7-5-8/h4-7,9H,13-14H2,1-3H3. The molecule has 4 heteroatoms. The summed E-state index contributed by atoms with van der Waals surface area (Å²) >= 11 is 0.